The zero-order valence-corrected chi connectivity index (χ0v) is 13.0. The summed E-state index contributed by atoms with van der Waals surface area (Å²) in [6.45, 7) is 3.07. The van der Waals surface area contributed by atoms with Crippen molar-refractivity contribution in [3.05, 3.63) is 59.7 Å². The number of ether oxygens (including phenoxy) is 2. The van der Waals surface area contributed by atoms with Crippen LogP contribution in [-0.2, 0) is 16.0 Å². The van der Waals surface area contributed by atoms with Gasteiger partial charge in [0, 0.05) is 12.8 Å². The third-order valence-electron chi connectivity index (χ3n) is 3.31. The number of rotatable bonds is 7. The van der Waals surface area contributed by atoms with Gasteiger partial charge in [-0.15, -0.1) is 0 Å². The van der Waals surface area contributed by atoms with Crippen molar-refractivity contribution in [2.45, 2.75) is 13.3 Å². The molecule has 0 unspecified atom stereocenters. The number of amides is 1. The number of aryl methyl sites for hydroxylation is 1. The summed E-state index contributed by atoms with van der Waals surface area (Å²) < 4.78 is 10.4. The van der Waals surface area contributed by atoms with E-state index in [9.17, 15) is 4.79 Å². The Morgan fingerprint density at radius 2 is 1.77 bits per heavy atom. The topological polar surface area (TPSA) is 47.6 Å². The normalized spacial score (nSPS) is 10.3. The van der Waals surface area contributed by atoms with Crippen LogP contribution in [-0.4, -0.2) is 26.2 Å². The van der Waals surface area contributed by atoms with Gasteiger partial charge in [-0.3, -0.25) is 4.79 Å². The van der Waals surface area contributed by atoms with Gasteiger partial charge in [-0.1, -0.05) is 24.3 Å². The Balaban J connectivity index is 1.88. The van der Waals surface area contributed by atoms with Crippen LogP contribution in [0.3, 0.4) is 0 Å². The van der Waals surface area contributed by atoms with Crippen molar-refractivity contribution >= 4 is 11.6 Å². The molecule has 0 saturated carbocycles. The van der Waals surface area contributed by atoms with Crippen molar-refractivity contribution in [1.82, 2.24) is 0 Å². The van der Waals surface area contributed by atoms with E-state index in [1.807, 2.05) is 55.5 Å². The average molecular weight is 299 g/mol. The molecule has 116 valence electrons. The maximum atomic E-state index is 12.1. The molecule has 2 rings (SSSR count). The van der Waals surface area contributed by atoms with Gasteiger partial charge in [-0.05, 0) is 42.3 Å². The SMILES string of the molecule is COCCOc1ccc(NC(=O)Cc2ccccc2C)cc1. The van der Waals surface area contributed by atoms with Gasteiger partial charge in [-0.2, -0.15) is 0 Å². The number of hydrogen-bond donors (Lipinski definition) is 1. The van der Waals surface area contributed by atoms with Crippen LogP contribution in [0.2, 0.25) is 0 Å². The predicted octanol–water partition coefficient (Wildman–Crippen LogP) is 3.20. The fraction of sp³-hybridized carbons (Fsp3) is 0.278. The number of methoxy groups -OCH3 is 1. The summed E-state index contributed by atoms with van der Waals surface area (Å²) in [6, 6.07) is 15.2. The van der Waals surface area contributed by atoms with Crippen molar-refractivity contribution in [2.24, 2.45) is 0 Å². The number of carbonyl (C=O) groups is 1. The minimum absolute atomic E-state index is 0.0256. The van der Waals surface area contributed by atoms with Gasteiger partial charge in [0.15, 0.2) is 0 Å². The predicted molar refractivity (Wildman–Crippen MR) is 87.3 cm³/mol. The lowest BCUT2D eigenvalue weighted by atomic mass is 10.1. The van der Waals surface area contributed by atoms with Gasteiger partial charge in [-0.25, -0.2) is 0 Å². The molecule has 0 fully saturated rings. The molecule has 22 heavy (non-hydrogen) atoms. The highest BCUT2D eigenvalue weighted by Crippen LogP contribution is 2.16. The van der Waals surface area contributed by atoms with Gasteiger partial charge in [0.1, 0.15) is 12.4 Å². The van der Waals surface area contributed by atoms with Crippen LogP contribution in [0.15, 0.2) is 48.5 Å². The van der Waals surface area contributed by atoms with E-state index in [4.69, 9.17) is 9.47 Å². The lowest BCUT2D eigenvalue weighted by Gasteiger charge is -2.09. The molecular weight excluding hydrogens is 278 g/mol. The Morgan fingerprint density at radius 3 is 2.45 bits per heavy atom. The quantitative estimate of drug-likeness (QED) is 0.799. The van der Waals surface area contributed by atoms with Gasteiger partial charge in [0.2, 0.25) is 5.91 Å². The summed E-state index contributed by atoms with van der Waals surface area (Å²) in [5, 5.41) is 2.89. The molecular formula is C18H21NO3. The first kappa shape index (κ1) is 16.0. The van der Waals surface area contributed by atoms with E-state index in [2.05, 4.69) is 5.32 Å². The molecule has 0 atom stereocenters. The summed E-state index contributed by atoms with van der Waals surface area (Å²) >= 11 is 0. The van der Waals surface area contributed by atoms with Crippen molar-refractivity contribution < 1.29 is 14.3 Å². The summed E-state index contributed by atoms with van der Waals surface area (Å²) in [4.78, 5) is 12.1. The van der Waals surface area contributed by atoms with Crippen LogP contribution in [0.5, 0.6) is 5.75 Å². The number of anilines is 1. The summed E-state index contributed by atoms with van der Waals surface area (Å²) in [5.41, 5.74) is 2.93. The Bertz CT molecular complexity index is 608. The van der Waals surface area contributed by atoms with Crippen LogP contribution in [0, 0.1) is 6.92 Å². The molecule has 4 heteroatoms. The minimum Gasteiger partial charge on any atom is -0.491 e. The number of benzene rings is 2. The maximum Gasteiger partial charge on any atom is 0.228 e. The van der Waals surface area contributed by atoms with Crippen LogP contribution in [0.4, 0.5) is 5.69 Å². The van der Waals surface area contributed by atoms with E-state index < -0.39 is 0 Å². The fourth-order valence-electron chi connectivity index (χ4n) is 2.06. The smallest absolute Gasteiger partial charge is 0.228 e. The zero-order chi connectivity index (χ0) is 15.8. The second kappa shape index (κ2) is 8.20. The standard InChI is InChI=1S/C18H21NO3/c1-14-5-3-4-6-15(14)13-18(20)19-16-7-9-17(10-8-16)22-12-11-21-2/h3-10H,11-13H2,1-2H3,(H,19,20). The van der Waals surface area contributed by atoms with E-state index in [0.29, 0.717) is 19.6 Å². The molecule has 1 amide bonds. The molecule has 2 aromatic carbocycles. The molecule has 0 bridgehead atoms. The number of carbonyl (C=O) groups excluding carboxylic acids is 1. The fourth-order valence-corrected chi connectivity index (χ4v) is 2.06. The molecule has 1 N–H and O–H groups in total. The summed E-state index contributed by atoms with van der Waals surface area (Å²) in [5.74, 6) is 0.733. The largest absolute Gasteiger partial charge is 0.491 e. The molecule has 0 heterocycles. The average Bonchev–Trinajstić information content (AvgIpc) is 2.51. The van der Waals surface area contributed by atoms with E-state index >= 15 is 0 Å². The second-order valence-corrected chi connectivity index (χ2v) is 5.02. The molecule has 0 saturated heterocycles. The Labute approximate surface area is 131 Å². The van der Waals surface area contributed by atoms with Crippen LogP contribution in [0.25, 0.3) is 0 Å². The van der Waals surface area contributed by atoms with Crippen molar-refractivity contribution in [3.63, 3.8) is 0 Å². The van der Waals surface area contributed by atoms with Gasteiger partial charge >= 0.3 is 0 Å². The van der Waals surface area contributed by atoms with Gasteiger partial charge < -0.3 is 14.8 Å². The van der Waals surface area contributed by atoms with Crippen LogP contribution < -0.4 is 10.1 Å². The van der Waals surface area contributed by atoms with E-state index in [1.54, 1.807) is 7.11 Å². The van der Waals surface area contributed by atoms with Gasteiger partial charge in [0.25, 0.3) is 0 Å². The van der Waals surface area contributed by atoms with Crippen molar-refractivity contribution in [1.29, 1.82) is 0 Å². The lowest BCUT2D eigenvalue weighted by molar-refractivity contribution is -0.115. The molecule has 0 aliphatic heterocycles. The highest BCUT2D eigenvalue weighted by atomic mass is 16.5. The molecule has 0 aliphatic carbocycles. The van der Waals surface area contributed by atoms with Crippen molar-refractivity contribution in [3.8, 4) is 5.75 Å². The van der Waals surface area contributed by atoms with Gasteiger partial charge in [0.05, 0.1) is 13.0 Å². The first-order valence-electron chi connectivity index (χ1n) is 7.25. The molecule has 0 aliphatic rings. The second-order valence-electron chi connectivity index (χ2n) is 5.02. The van der Waals surface area contributed by atoms with E-state index in [1.165, 1.54) is 0 Å². The first-order valence-corrected chi connectivity index (χ1v) is 7.25. The molecule has 4 nitrogen and oxygen atoms in total. The molecule has 0 aromatic heterocycles. The third-order valence-corrected chi connectivity index (χ3v) is 3.31. The highest BCUT2D eigenvalue weighted by molar-refractivity contribution is 5.92. The Morgan fingerprint density at radius 1 is 1.05 bits per heavy atom. The first-order chi connectivity index (χ1) is 10.7. The summed E-state index contributed by atoms with van der Waals surface area (Å²) in [6.07, 6.45) is 0.374. The van der Waals surface area contributed by atoms with Crippen LogP contribution in [0.1, 0.15) is 11.1 Å². The number of nitrogens with one attached hydrogen (secondary N) is 1. The van der Waals surface area contributed by atoms with E-state index in [0.717, 1.165) is 22.6 Å². The minimum atomic E-state index is -0.0256. The monoisotopic (exact) mass is 299 g/mol. The third kappa shape index (κ3) is 4.90. The highest BCUT2D eigenvalue weighted by Gasteiger charge is 2.06. The van der Waals surface area contributed by atoms with Crippen molar-refractivity contribution in [2.75, 3.05) is 25.6 Å². The van der Waals surface area contributed by atoms with Crippen LogP contribution >= 0.6 is 0 Å². The zero-order valence-electron chi connectivity index (χ0n) is 13.0. The number of hydrogen-bond acceptors (Lipinski definition) is 3. The molecule has 0 spiro atoms. The summed E-state index contributed by atoms with van der Waals surface area (Å²) in [7, 11) is 1.64. The Hall–Kier alpha value is -2.33. The Kier molecular flexibility index (Phi) is 5.98. The maximum absolute atomic E-state index is 12.1. The molecule has 2 aromatic rings. The lowest BCUT2D eigenvalue weighted by Crippen LogP contribution is -2.15. The van der Waals surface area contributed by atoms with E-state index in [-0.39, 0.29) is 5.91 Å². The molecule has 0 radical (unpaired) electrons.